The van der Waals surface area contributed by atoms with Crippen LogP contribution in [0.25, 0.3) is 0 Å². The molecule has 0 unspecified atom stereocenters. The molecule has 0 aromatic heterocycles. The van der Waals surface area contributed by atoms with E-state index in [2.05, 4.69) is 27.7 Å². The highest BCUT2D eigenvalue weighted by molar-refractivity contribution is 5.69. The first-order chi connectivity index (χ1) is 13.4. The van der Waals surface area contributed by atoms with Gasteiger partial charge in [-0.1, -0.05) is 53.4 Å². The number of quaternary nitrogens is 1. The molecular weight excluding hydrogens is 348 g/mol. The molecule has 4 heteroatoms. The van der Waals surface area contributed by atoms with E-state index in [9.17, 15) is 4.79 Å². The van der Waals surface area contributed by atoms with E-state index in [1.807, 2.05) is 0 Å². The van der Waals surface area contributed by atoms with Crippen LogP contribution in [0.5, 0.6) is 5.75 Å². The number of benzene rings is 1. The van der Waals surface area contributed by atoms with Crippen molar-refractivity contribution >= 4 is 11.7 Å². The standard InChI is InChI=1S/C16H36N.C8H9NO2/c1-5-9-13-17(14-10-6-2,15-11-7-3)16-12-8-4;1-6(10)11-8-4-2-7(9)3-5-8/h5-16H2,1-4H3;2-5H,9H2,1H3/q+1;. The van der Waals surface area contributed by atoms with Crippen LogP contribution in [0.15, 0.2) is 24.3 Å². The van der Waals surface area contributed by atoms with E-state index in [0.29, 0.717) is 11.4 Å². The number of anilines is 1. The summed E-state index contributed by atoms with van der Waals surface area (Å²) < 4.78 is 6.19. The zero-order valence-electron chi connectivity index (χ0n) is 19.1. The number of nitrogens with zero attached hydrogens (tertiary/aromatic N) is 1. The minimum Gasteiger partial charge on any atom is -0.427 e. The van der Waals surface area contributed by atoms with Crippen LogP contribution in [0.1, 0.15) is 86.0 Å². The highest BCUT2D eigenvalue weighted by atomic mass is 16.5. The van der Waals surface area contributed by atoms with Crippen LogP contribution in [0, 0.1) is 0 Å². The van der Waals surface area contributed by atoms with Crippen molar-refractivity contribution in [3.05, 3.63) is 24.3 Å². The van der Waals surface area contributed by atoms with Gasteiger partial charge in [-0.3, -0.25) is 4.79 Å². The van der Waals surface area contributed by atoms with Crippen LogP contribution in [-0.2, 0) is 4.79 Å². The summed E-state index contributed by atoms with van der Waals surface area (Å²) in [5.41, 5.74) is 6.07. The average molecular weight is 394 g/mol. The van der Waals surface area contributed by atoms with E-state index in [1.165, 1.54) is 89.0 Å². The Hall–Kier alpha value is -1.55. The van der Waals surface area contributed by atoms with Gasteiger partial charge in [-0.15, -0.1) is 0 Å². The lowest BCUT2D eigenvalue weighted by Gasteiger charge is -2.39. The molecule has 0 aliphatic carbocycles. The minimum absolute atomic E-state index is 0.324. The quantitative estimate of drug-likeness (QED) is 0.188. The van der Waals surface area contributed by atoms with Crippen molar-refractivity contribution in [1.82, 2.24) is 0 Å². The van der Waals surface area contributed by atoms with Gasteiger partial charge in [0.25, 0.3) is 0 Å². The summed E-state index contributed by atoms with van der Waals surface area (Å²) in [6, 6.07) is 6.66. The van der Waals surface area contributed by atoms with Crippen molar-refractivity contribution in [3.8, 4) is 5.75 Å². The molecule has 2 N–H and O–H groups in total. The van der Waals surface area contributed by atoms with Crippen LogP contribution in [0.3, 0.4) is 0 Å². The molecule has 162 valence electrons. The highest BCUT2D eigenvalue weighted by Crippen LogP contribution is 2.16. The largest absolute Gasteiger partial charge is 0.427 e. The number of carbonyl (C=O) groups excluding carboxylic acids is 1. The number of ether oxygens (including phenoxy) is 1. The van der Waals surface area contributed by atoms with Crippen molar-refractivity contribution in [1.29, 1.82) is 0 Å². The predicted molar refractivity (Wildman–Crippen MR) is 122 cm³/mol. The van der Waals surface area contributed by atoms with Crippen LogP contribution in [-0.4, -0.2) is 36.6 Å². The number of hydrogen-bond donors (Lipinski definition) is 1. The third-order valence-electron chi connectivity index (χ3n) is 5.09. The summed E-state index contributed by atoms with van der Waals surface area (Å²) >= 11 is 0. The Labute approximate surface area is 174 Å². The van der Waals surface area contributed by atoms with Gasteiger partial charge in [0.05, 0.1) is 26.2 Å². The Morgan fingerprint density at radius 3 is 1.43 bits per heavy atom. The predicted octanol–water partition coefficient (Wildman–Crippen LogP) is 6.20. The molecule has 4 nitrogen and oxygen atoms in total. The minimum atomic E-state index is -0.324. The van der Waals surface area contributed by atoms with Gasteiger partial charge in [0.2, 0.25) is 0 Å². The third-order valence-corrected chi connectivity index (χ3v) is 5.09. The van der Waals surface area contributed by atoms with Crippen molar-refractivity contribution in [2.24, 2.45) is 0 Å². The molecule has 0 radical (unpaired) electrons. The summed E-state index contributed by atoms with van der Waals surface area (Å²) in [6.07, 6.45) is 11.1. The number of unbranched alkanes of at least 4 members (excludes halogenated alkanes) is 4. The van der Waals surface area contributed by atoms with Gasteiger partial charge in [-0.25, -0.2) is 0 Å². The molecule has 0 atom stereocenters. The molecule has 0 bridgehead atoms. The summed E-state index contributed by atoms with van der Waals surface area (Å²) in [4.78, 5) is 10.4. The number of hydrogen-bond acceptors (Lipinski definition) is 3. The monoisotopic (exact) mass is 393 g/mol. The van der Waals surface area contributed by atoms with Gasteiger partial charge in [0.1, 0.15) is 5.75 Å². The first-order valence-electron chi connectivity index (χ1n) is 11.3. The molecule has 1 rings (SSSR count). The molecule has 0 fully saturated rings. The summed E-state index contributed by atoms with van der Waals surface area (Å²) in [7, 11) is 0. The van der Waals surface area contributed by atoms with Crippen LogP contribution in [0.4, 0.5) is 5.69 Å². The van der Waals surface area contributed by atoms with Crippen LogP contribution < -0.4 is 10.5 Å². The number of nitrogens with two attached hydrogens (primary N) is 1. The normalized spacial score (nSPS) is 10.9. The van der Waals surface area contributed by atoms with E-state index in [4.69, 9.17) is 10.5 Å². The second-order valence-electron chi connectivity index (χ2n) is 7.81. The Bertz CT molecular complexity index is 462. The highest BCUT2D eigenvalue weighted by Gasteiger charge is 2.24. The van der Waals surface area contributed by atoms with Gasteiger partial charge in [0.15, 0.2) is 0 Å². The fourth-order valence-electron chi connectivity index (χ4n) is 3.35. The van der Waals surface area contributed by atoms with Gasteiger partial charge in [-0.2, -0.15) is 0 Å². The molecule has 0 aliphatic rings. The van der Waals surface area contributed by atoms with Crippen molar-refractivity contribution in [3.63, 3.8) is 0 Å². The maximum atomic E-state index is 10.4. The summed E-state index contributed by atoms with van der Waals surface area (Å²) in [6.45, 7) is 16.4. The Morgan fingerprint density at radius 2 is 1.14 bits per heavy atom. The van der Waals surface area contributed by atoms with Crippen molar-refractivity contribution in [2.75, 3.05) is 31.9 Å². The second kappa shape index (κ2) is 16.4. The van der Waals surface area contributed by atoms with E-state index < -0.39 is 0 Å². The second-order valence-corrected chi connectivity index (χ2v) is 7.81. The third kappa shape index (κ3) is 12.8. The van der Waals surface area contributed by atoms with Gasteiger partial charge >= 0.3 is 5.97 Å². The zero-order valence-corrected chi connectivity index (χ0v) is 19.1. The summed E-state index contributed by atoms with van der Waals surface area (Å²) in [5.74, 6) is 0.196. The van der Waals surface area contributed by atoms with Gasteiger partial charge in [-0.05, 0) is 49.9 Å². The molecule has 0 amide bonds. The van der Waals surface area contributed by atoms with E-state index in [1.54, 1.807) is 24.3 Å². The lowest BCUT2D eigenvalue weighted by atomic mass is 10.1. The van der Waals surface area contributed by atoms with E-state index >= 15 is 0 Å². The lowest BCUT2D eigenvalue weighted by Crippen LogP contribution is -2.50. The Kier molecular flexibility index (Phi) is 15.5. The molecule has 0 saturated carbocycles. The number of nitrogen functional groups attached to an aromatic ring is 1. The van der Waals surface area contributed by atoms with Gasteiger partial charge in [0, 0.05) is 12.6 Å². The molecular formula is C24H45N2O2+. The molecule has 1 aromatic rings. The van der Waals surface area contributed by atoms with Gasteiger partial charge < -0.3 is 15.0 Å². The molecule has 0 heterocycles. The first kappa shape index (κ1) is 26.4. The molecule has 0 spiro atoms. The van der Waals surface area contributed by atoms with Crippen LogP contribution >= 0.6 is 0 Å². The van der Waals surface area contributed by atoms with Crippen molar-refractivity contribution in [2.45, 2.75) is 86.0 Å². The van der Waals surface area contributed by atoms with Crippen LogP contribution in [0.2, 0.25) is 0 Å². The first-order valence-corrected chi connectivity index (χ1v) is 11.3. The molecule has 1 aromatic carbocycles. The SMILES string of the molecule is CC(=O)Oc1ccc(N)cc1.CCCC[N+](CCCC)(CCCC)CCCC. The smallest absolute Gasteiger partial charge is 0.308 e. The number of esters is 1. The maximum absolute atomic E-state index is 10.4. The zero-order chi connectivity index (χ0) is 21.3. The number of rotatable bonds is 13. The topological polar surface area (TPSA) is 52.3 Å². The molecule has 28 heavy (non-hydrogen) atoms. The Balaban J connectivity index is 0.000000567. The lowest BCUT2D eigenvalue weighted by molar-refractivity contribution is -0.929. The van der Waals surface area contributed by atoms with E-state index in [0.717, 1.165) is 0 Å². The maximum Gasteiger partial charge on any atom is 0.308 e. The Morgan fingerprint density at radius 1 is 0.786 bits per heavy atom. The molecule has 0 saturated heterocycles. The molecule has 0 aliphatic heterocycles. The summed E-state index contributed by atoms with van der Waals surface area (Å²) in [5, 5.41) is 0. The van der Waals surface area contributed by atoms with Crippen molar-refractivity contribution < 1.29 is 14.0 Å². The fraction of sp³-hybridized carbons (Fsp3) is 0.708. The number of carbonyl (C=O) groups is 1. The fourth-order valence-corrected chi connectivity index (χ4v) is 3.35. The average Bonchev–Trinajstić information content (AvgIpc) is 2.69. The van der Waals surface area contributed by atoms with E-state index in [-0.39, 0.29) is 5.97 Å².